The van der Waals surface area contributed by atoms with Crippen LogP contribution in [0.15, 0.2) is 36.7 Å². The second-order valence-corrected chi connectivity index (χ2v) is 5.58. The third-order valence-corrected chi connectivity index (χ3v) is 3.37. The number of amides is 1. The highest BCUT2D eigenvalue weighted by Crippen LogP contribution is 2.23. The van der Waals surface area contributed by atoms with E-state index in [2.05, 4.69) is 20.0 Å². The monoisotopic (exact) mass is 368 g/mol. The predicted molar refractivity (Wildman–Crippen MR) is 89.5 cm³/mol. The maximum absolute atomic E-state index is 12.2. The average molecular weight is 368 g/mol. The molecule has 0 spiro atoms. The lowest BCUT2D eigenvalue weighted by atomic mass is 10.1. The first-order valence-corrected chi connectivity index (χ1v) is 8.01. The van der Waals surface area contributed by atoms with Crippen LogP contribution >= 0.6 is 0 Å². The molecule has 26 heavy (non-hydrogen) atoms. The van der Waals surface area contributed by atoms with Crippen LogP contribution in [0.5, 0.6) is 5.75 Å². The number of hydrogen-bond acceptors (Lipinski definition) is 5. The number of ether oxygens (including phenoxy) is 1. The Morgan fingerprint density at radius 2 is 1.88 bits per heavy atom. The molecule has 2 rings (SSSR count). The fraction of sp³-hybridized carbons (Fsp3) is 0.353. The van der Waals surface area contributed by atoms with Gasteiger partial charge in [0, 0.05) is 12.4 Å². The van der Waals surface area contributed by atoms with Gasteiger partial charge in [0.15, 0.2) is 0 Å². The predicted octanol–water partition coefficient (Wildman–Crippen LogP) is 2.84. The summed E-state index contributed by atoms with van der Waals surface area (Å²) in [6.45, 7) is 0.629. The number of carbonyl (C=O) groups is 1. The molecule has 140 valence electrons. The van der Waals surface area contributed by atoms with Gasteiger partial charge in [0.1, 0.15) is 5.75 Å². The van der Waals surface area contributed by atoms with Gasteiger partial charge in [0.2, 0.25) is 11.9 Å². The summed E-state index contributed by atoms with van der Waals surface area (Å²) in [5, 5.41) is 2.51. The number of aryl methyl sites for hydroxylation is 1. The van der Waals surface area contributed by atoms with Gasteiger partial charge in [0.05, 0.1) is 6.42 Å². The normalized spacial score (nSPS) is 11.2. The van der Waals surface area contributed by atoms with Crippen LogP contribution in [0.25, 0.3) is 0 Å². The SMILES string of the molecule is NCCCCc1cnc(NC(=O)Cc2cccc(OC(F)(F)F)c2)nc1. The average Bonchev–Trinajstić information content (AvgIpc) is 2.55. The number of halogens is 3. The van der Waals surface area contributed by atoms with E-state index in [1.54, 1.807) is 12.4 Å². The van der Waals surface area contributed by atoms with Gasteiger partial charge in [-0.15, -0.1) is 13.2 Å². The summed E-state index contributed by atoms with van der Waals surface area (Å²) in [6.07, 6.45) is 0.986. The molecule has 0 fully saturated rings. The molecule has 1 heterocycles. The van der Waals surface area contributed by atoms with Crippen LogP contribution in [0, 0.1) is 0 Å². The summed E-state index contributed by atoms with van der Waals surface area (Å²) in [7, 11) is 0. The molecule has 3 N–H and O–H groups in total. The van der Waals surface area contributed by atoms with Crippen LogP contribution in [0.3, 0.4) is 0 Å². The first kappa shape index (κ1) is 19.6. The van der Waals surface area contributed by atoms with Gasteiger partial charge < -0.3 is 10.5 Å². The first-order chi connectivity index (χ1) is 12.4. The number of anilines is 1. The number of nitrogens with zero attached hydrogens (tertiary/aromatic N) is 2. The third kappa shape index (κ3) is 7.06. The van der Waals surface area contributed by atoms with Gasteiger partial charge in [-0.1, -0.05) is 12.1 Å². The summed E-state index contributed by atoms with van der Waals surface area (Å²) < 4.78 is 40.5. The number of aromatic nitrogens is 2. The van der Waals surface area contributed by atoms with Crippen LogP contribution in [-0.4, -0.2) is 28.8 Å². The molecule has 0 bridgehead atoms. The molecule has 0 saturated heterocycles. The number of benzene rings is 1. The van der Waals surface area contributed by atoms with Gasteiger partial charge >= 0.3 is 6.36 Å². The highest BCUT2D eigenvalue weighted by Gasteiger charge is 2.31. The minimum absolute atomic E-state index is 0.128. The van der Waals surface area contributed by atoms with Crippen molar-refractivity contribution in [3.05, 3.63) is 47.8 Å². The van der Waals surface area contributed by atoms with Crippen molar-refractivity contribution in [1.82, 2.24) is 9.97 Å². The van der Waals surface area contributed by atoms with E-state index in [9.17, 15) is 18.0 Å². The van der Waals surface area contributed by atoms with E-state index in [1.165, 1.54) is 18.2 Å². The zero-order chi connectivity index (χ0) is 19.0. The van der Waals surface area contributed by atoms with Gasteiger partial charge in [-0.05, 0) is 49.1 Å². The number of hydrogen-bond donors (Lipinski definition) is 2. The smallest absolute Gasteiger partial charge is 0.406 e. The molecule has 0 aliphatic carbocycles. The van der Waals surface area contributed by atoms with Crippen molar-refractivity contribution in [2.24, 2.45) is 5.73 Å². The zero-order valence-corrected chi connectivity index (χ0v) is 13.9. The van der Waals surface area contributed by atoms with E-state index in [0.717, 1.165) is 30.9 Å². The number of nitrogens with two attached hydrogens (primary N) is 1. The molecule has 2 aromatic rings. The lowest BCUT2D eigenvalue weighted by Crippen LogP contribution is -2.18. The molecule has 0 unspecified atom stereocenters. The van der Waals surface area contributed by atoms with E-state index < -0.39 is 12.3 Å². The Morgan fingerprint density at radius 1 is 1.15 bits per heavy atom. The van der Waals surface area contributed by atoms with Gasteiger partial charge in [0.25, 0.3) is 0 Å². The van der Waals surface area contributed by atoms with Gasteiger partial charge in [-0.2, -0.15) is 0 Å². The summed E-state index contributed by atoms with van der Waals surface area (Å²) in [4.78, 5) is 20.1. The summed E-state index contributed by atoms with van der Waals surface area (Å²) in [5.41, 5.74) is 6.75. The Kier molecular flexibility index (Phi) is 6.90. The largest absolute Gasteiger partial charge is 0.573 e. The quantitative estimate of drug-likeness (QED) is 0.700. The van der Waals surface area contributed by atoms with E-state index in [1.807, 2.05) is 0 Å². The van der Waals surface area contributed by atoms with Crippen molar-refractivity contribution in [3.8, 4) is 5.75 Å². The van der Waals surface area contributed by atoms with Crippen molar-refractivity contribution in [3.63, 3.8) is 0 Å². The van der Waals surface area contributed by atoms with Gasteiger partial charge in [-0.3, -0.25) is 10.1 Å². The molecule has 0 aliphatic heterocycles. The van der Waals surface area contributed by atoms with E-state index in [-0.39, 0.29) is 18.1 Å². The minimum atomic E-state index is -4.78. The second-order valence-electron chi connectivity index (χ2n) is 5.58. The summed E-state index contributed by atoms with van der Waals surface area (Å²) in [5.74, 6) is -0.675. The fourth-order valence-electron chi connectivity index (χ4n) is 2.23. The minimum Gasteiger partial charge on any atom is -0.406 e. The van der Waals surface area contributed by atoms with E-state index in [0.29, 0.717) is 12.1 Å². The lowest BCUT2D eigenvalue weighted by Gasteiger charge is -2.10. The summed E-state index contributed by atoms with van der Waals surface area (Å²) >= 11 is 0. The van der Waals surface area contributed by atoms with Crippen molar-refractivity contribution in [2.45, 2.75) is 32.0 Å². The lowest BCUT2D eigenvalue weighted by molar-refractivity contribution is -0.274. The van der Waals surface area contributed by atoms with Crippen LogP contribution in [0.1, 0.15) is 24.0 Å². The zero-order valence-electron chi connectivity index (χ0n) is 13.9. The molecule has 0 atom stereocenters. The molecule has 1 aromatic carbocycles. The Labute approximate surface area is 148 Å². The molecule has 0 saturated carbocycles. The number of carbonyl (C=O) groups excluding carboxylic acids is 1. The molecule has 6 nitrogen and oxygen atoms in total. The van der Waals surface area contributed by atoms with Crippen molar-refractivity contribution in [1.29, 1.82) is 0 Å². The number of nitrogens with one attached hydrogen (secondary N) is 1. The maximum atomic E-state index is 12.2. The first-order valence-electron chi connectivity index (χ1n) is 8.01. The third-order valence-electron chi connectivity index (χ3n) is 3.37. The van der Waals surface area contributed by atoms with Crippen LogP contribution in [0.2, 0.25) is 0 Å². The molecule has 0 radical (unpaired) electrons. The molecule has 0 aliphatic rings. The number of rotatable bonds is 8. The molecule has 1 aromatic heterocycles. The maximum Gasteiger partial charge on any atom is 0.573 e. The summed E-state index contributed by atoms with van der Waals surface area (Å²) in [6, 6.07) is 5.25. The molecular formula is C17H19F3N4O2. The highest BCUT2D eigenvalue weighted by atomic mass is 19.4. The van der Waals surface area contributed by atoms with Crippen molar-refractivity contribution in [2.75, 3.05) is 11.9 Å². The van der Waals surface area contributed by atoms with E-state index in [4.69, 9.17) is 5.73 Å². The Hall–Kier alpha value is -2.68. The highest BCUT2D eigenvalue weighted by molar-refractivity contribution is 5.90. The Bertz CT molecular complexity index is 721. The second kappa shape index (κ2) is 9.14. The number of alkyl halides is 3. The molecule has 1 amide bonds. The topological polar surface area (TPSA) is 90.1 Å². The van der Waals surface area contributed by atoms with Crippen molar-refractivity contribution >= 4 is 11.9 Å². The molecule has 9 heteroatoms. The van der Waals surface area contributed by atoms with Crippen LogP contribution in [0.4, 0.5) is 19.1 Å². The van der Waals surface area contributed by atoms with Crippen LogP contribution < -0.4 is 15.8 Å². The van der Waals surface area contributed by atoms with Crippen molar-refractivity contribution < 1.29 is 22.7 Å². The Balaban J connectivity index is 1.89. The van der Waals surface area contributed by atoms with E-state index >= 15 is 0 Å². The van der Waals surface area contributed by atoms with Gasteiger partial charge in [-0.25, -0.2) is 9.97 Å². The number of unbranched alkanes of at least 4 members (excludes halogenated alkanes) is 1. The molecular weight excluding hydrogens is 349 g/mol. The fourth-order valence-corrected chi connectivity index (χ4v) is 2.23. The Morgan fingerprint density at radius 3 is 2.54 bits per heavy atom. The van der Waals surface area contributed by atoms with Crippen LogP contribution in [-0.2, 0) is 17.6 Å². The standard InChI is InChI=1S/C17H19F3N4O2/c18-17(19,20)26-14-6-3-5-12(8-14)9-15(25)24-16-22-10-13(11-23-16)4-1-2-7-21/h3,5-6,8,10-11H,1-2,4,7,9,21H2,(H,22,23,24,25).